The number of aromatic nitrogens is 3. The van der Waals surface area contributed by atoms with Crippen LogP contribution in [0.3, 0.4) is 0 Å². The van der Waals surface area contributed by atoms with Crippen molar-refractivity contribution < 1.29 is 9.53 Å². The van der Waals surface area contributed by atoms with Crippen LogP contribution in [-0.2, 0) is 4.74 Å². The fourth-order valence-electron chi connectivity index (χ4n) is 3.56. The average Bonchev–Trinajstić information content (AvgIpc) is 3.25. The molecule has 0 saturated heterocycles. The Kier molecular flexibility index (Phi) is 5.73. The number of nitrogens with one attached hydrogen (secondary N) is 1. The quantitative estimate of drug-likeness (QED) is 0.290. The second-order valence-corrected chi connectivity index (χ2v) is 8.59. The highest BCUT2D eigenvalue weighted by Crippen LogP contribution is 2.38. The molecule has 0 bridgehead atoms. The first-order chi connectivity index (χ1) is 16.1. The lowest BCUT2D eigenvalue weighted by Crippen LogP contribution is -2.12. The van der Waals surface area contributed by atoms with E-state index in [4.69, 9.17) is 16.3 Å². The predicted molar refractivity (Wildman–Crippen MR) is 132 cm³/mol. The number of esters is 1. The second kappa shape index (κ2) is 8.97. The fraction of sp³-hybridized carbons (Fsp3) is 0.0400. The summed E-state index contributed by atoms with van der Waals surface area (Å²) in [6, 6.07) is 24.7. The molecule has 0 atom stereocenters. The van der Waals surface area contributed by atoms with E-state index in [1.807, 2.05) is 72.8 Å². The van der Waals surface area contributed by atoms with Crippen molar-refractivity contribution in [3.8, 4) is 22.4 Å². The maximum Gasteiger partial charge on any atom is 0.342 e. The van der Waals surface area contributed by atoms with Crippen molar-refractivity contribution in [1.29, 1.82) is 0 Å². The molecule has 0 aliphatic carbocycles. The molecule has 0 radical (unpaired) electrons. The molecule has 3 aromatic carbocycles. The van der Waals surface area contributed by atoms with E-state index in [1.165, 1.54) is 18.4 Å². The first kappa shape index (κ1) is 21.1. The van der Waals surface area contributed by atoms with Gasteiger partial charge < -0.3 is 10.1 Å². The molecule has 0 amide bonds. The maximum atomic E-state index is 13.1. The molecular weight excluding hydrogens is 456 g/mol. The van der Waals surface area contributed by atoms with Crippen LogP contribution in [0.5, 0.6) is 0 Å². The molecule has 2 aromatic heterocycles. The van der Waals surface area contributed by atoms with Gasteiger partial charge in [-0.15, -0.1) is 10.2 Å². The normalized spacial score (nSPS) is 10.8. The topological polar surface area (TPSA) is 77.0 Å². The SMILES string of the molecule is COC(=O)c1c(Nc2nc3ccc(Cl)cc3s2)nnc(-c2ccccc2)c1-c1ccccc1. The Morgan fingerprint density at radius 2 is 1.64 bits per heavy atom. The zero-order valence-electron chi connectivity index (χ0n) is 17.4. The highest BCUT2D eigenvalue weighted by molar-refractivity contribution is 7.22. The van der Waals surface area contributed by atoms with Crippen LogP contribution in [-0.4, -0.2) is 28.3 Å². The number of carbonyl (C=O) groups excluding carboxylic acids is 1. The summed E-state index contributed by atoms with van der Waals surface area (Å²) in [7, 11) is 1.35. The number of carbonyl (C=O) groups is 1. The second-order valence-electron chi connectivity index (χ2n) is 7.13. The predicted octanol–water partition coefficient (Wildman–Crippen LogP) is 6.60. The van der Waals surface area contributed by atoms with E-state index in [0.717, 1.165) is 21.3 Å². The van der Waals surface area contributed by atoms with Crippen LogP contribution < -0.4 is 5.32 Å². The van der Waals surface area contributed by atoms with E-state index in [9.17, 15) is 4.79 Å². The Bertz CT molecular complexity index is 1460. The molecule has 0 fully saturated rings. The van der Waals surface area contributed by atoms with E-state index < -0.39 is 5.97 Å². The summed E-state index contributed by atoms with van der Waals surface area (Å²) < 4.78 is 6.08. The van der Waals surface area contributed by atoms with Gasteiger partial charge in [0.1, 0.15) is 11.3 Å². The van der Waals surface area contributed by atoms with Crippen LogP contribution in [0.4, 0.5) is 10.9 Å². The lowest BCUT2D eigenvalue weighted by Gasteiger charge is -2.16. The lowest BCUT2D eigenvalue weighted by molar-refractivity contribution is 0.0602. The van der Waals surface area contributed by atoms with Crippen molar-refractivity contribution >= 4 is 50.1 Å². The summed E-state index contributed by atoms with van der Waals surface area (Å²) in [5, 5.41) is 13.2. The van der Waals surface area contributed by atoms with Crippen LogP contribution in [0.15, 0.2) is 78.9 Å². The number of halogens is 1. The number of thiazole rings is 1. The van der Waals surface area contributed by atoms with Crippen LogP contribution in [0.1, 0.15) is 10.4 Å². The summed E-state index contributed by atoms with van der Waals surface area (Å²) in [4.78, 5) is 17.6. The Morgan fingerprint density at radius 3 is 2.33 bits per heavy atom. The molecule has 5 aromatic rings. The number of hydrogen-bond acceptors (Lipinski definition) is 7. The summed E-state index contributed by atoms with van der Waals surface area (Å²) in [5.74, 6) is -0.252. The Hall–Kier alpha value is -3.81. The van der Waals surface area contributed by atoms with Gasteiger partial charge in [0, 0.05) is 16.1 Å². The number of anilines is 2. The van der Waals surface area contributed by atoms with Crippen molar-refractivity contribution in [3.05, 3.63) is 89.4 Å². The highest BCUT2D eigenvalue weighted by Gasteiger charge is 2.26. The molecule has 0 saturated carbocycles. The zero-order valence-corrected chi connectivity index (χ0v) is 19.0. The third-order valence-electron chi connectivity index (χ3n) is 5.05. The summed E-state index contributed by atoms with van der Waals surface area (Å²) in [6.45, 7) is 0. The van der Waals surface area contributed by atoms with Gasteiger partial charge in [-0.1, -0.05) is 83.6 Å². The van der Waals surface area contributed by atoms with Crippen LogP contribution >= 0.6 is 22.9 Å². The van der Waals surface area contributed by atoms with E-state index in [1.54, 1.807) is 6.07 Å². The summed E-state index contributed by atoms with van der Waals surface area (Å²) >= 11 is 7.52. The minimum absolute atomic E-state index is 0.269. The molecule has 0 unspecified atom stereocenters. The molecule has 162 valence electrons. The molecule has 5 rings (SSSR count). The minimum atomic E-state index is -0.521. The van der Waals surface area contributed by atoms with Gasteiger partial charge in [0.15, 0.2) is 10.9 Å². The van der Waals surface area contributed by atoms with E-state index in [0.29, 0.717) is 21.4 Å². The highest BCUT2D eigenvalue weighted by atomic mass is 35.5. The van der Waals surface area contributed by atoms with E-state index in [-0.39, 0.29) is 11.4 Å². The molecule has 33 heavy (non-hydrogen) atoms. The average molecular weight is 473 g/mol. The summed E-state index contributed by atoms with van der Waals surface area (Å²) in [6.07, 6.45) is 0. The van der Waals surface area contributed by atoms with Gasteiger partial charge in [-0.3, -0.25) is 0 Å². The fourth-order valence-corrected chi connectivity index (χ4v) is 4.70. The Balaban J connectivity index is 1.72. The third kappa shape index (κ3) is 4.16. The van der Waals surface area contributed by atoms with Crippen molar-refractivity contribution in [2.75, 3.05) is 12.4 Å². The van der Waals surface area contributed by atoms with Crippen molar-refractivity contribution in [2.24, 2.45) is 0 Å². The molecule has 6 nitrogen and oxygen atoms in total. The molecule has 0 spiro atoms. The number of fused-ring (bicyclic) bond motifs is 1. The number of hydrogen-bond donors (Lipinski definition) is 1. The van der Waals surface area contributed by atoms with Gasteiger partial charge in [-0.2, -0.15) is 0 Å². The summed E-state index contributed by atoms with van der Waals surface area (Å²) in [5.41, 5.74) is 3.97. The Morgan fingerprint density at radius 1 is 0.939 bits per heavy atom. The number of rotatable bonds is 5. The number of ether oxygens (including phenoxy) is 1. The smallest absolute Gasteiger partial charge is 0.342 e. The van der Waals surface area contributed by atoms with Crippen molar-refractivity contribution in [2.45, 2.75) is 0 Å². The van der Waals surface area contributed by atoms with Crippen molar-refractivity contribution in [1.82, 2.24) is 15.2 Å². The van der Waals surface area contributed by atoms with Gasteiger partial charge in [-0.05, 0) is 23.8 Å². The number of benzene rings is 3. The molecule has 1 N–H and O–H groups in total. The monoisotopic (exact) mass is 472 g/mol. The Labute approximate surface area is 198 Å². The van der Waals surface area contributed by atoms with Gasteiger partial charge in [0.2, 0.25) is 0 Å². The lowest BCUT2D eigenvalue weighted by atomic mass is 9.95. The van der Waals surface area contributed by atoms with Gasteiger partial charge in [0.25, 0.3) is 0 Å². The van der Waals surface area contributed by atoms with E-state index in [2.05, 4.69) is 20.5 Å². The van der Waals surface area contributed by atoms with Gasteiger partial charge in [-0.25, -0.2) is 9.78 Å². The first-order valence-corrected chi connectivity index (χ1v) is 11.3. The maximum absolute atomic E-state index is 13.1. The van der Waals surface area contributed by atoms with Crippen LogP contribution in [0.25, 0.3) is 32.6 Å². The van der Waals surface area contributed by atoms with Crippen molar-refractivity contribution in [3.63, 3.8) is 0 Å². The largest absolute Gasteiger partial charge is 0.465 e. The molecule has 2 heterocycles. The number of nitrogens with zero attached hydrogens (tertiary/aromatic N) is 3. The van der Waals surface area contributed by atoms with E-state index >= 15 is 0 Å². The molecule has 0 aliphatic rings. The standard InChI is InChI=1S/C25H17ClN4O2S/c1-32-24(31)21-20(15-8-4-2-5-9-15)22(16-10-6-3-7-11-16)29-30-23(21)28-25-27-18-13-12-17(26)14-19(18)33-25/h2-14H,1H3,(H,27,28,30). The first-order valence-electron chi connectivity index (χ1n) is 10.1. The van der Waals surface area contributed by atoms with Crippen LogP contribution in [0, 0.1) is 0 Å². The number of methoxy groups -OCH3 is 1. The molecule has 0 aliphatic heterocycles. The minimum Gasteiger partial charge on any atom is -0.465 e. The molecular formula is C25H17ClN4O2S. The van der Waals surface area contributed by atoms with Gasteiger partial charge >= 0.3 is 5.97 Å². The third-order valence-corrected chi connectivity index (χ3v) is 6.22. The van der Waals surface area contributed by atoms with Crippen LogP contribution in [0.2, 0.25) is 5.02 Å². The zero-order chi connectivity index (χ0) is 22.8. The molecule has 8 heteroatoms. The van der Waals surface area contributed by atoms with Gasteiger partial charge in [0.05, 0.1) is 17.3 Å².